The molecule has 2 amide bonds. The molecule has 0 radical (unpaired) electrons. The number of nitrogens with one attached hydrogen (secondary N) is 2. The summed E-state index contributed by atoms with van der Waals surface area (Å²) in [4.78, 5) is 26.1. The van der Waals surface area contributed by atoms with E-state index >= 15 is 0 Å². The van der Waals surface area contributed by atoms with E-state index in [2.05, 4.69) is 10.6 Å². The zero-order chi connectivity index (χ0) is 25.0. The molecule has 8 nitrogen and oxygen atoms in total. The number of anilines is 1. The first kappa shape index (κ1) is 24.1. The maximum absolute atomic E-state index is 13.5. The van der Waals surface area contributed by atoms with Crippen molar-refractivity contribution in [1.82, 2.24) is 9.62 Å². The molecule has 2 fully saturated rings. The second-order valence-electron chi connectivity index (χ2n) is 9.64. The van der Waals surface area contributed by atoms with E-state index < -0.39 is 21.5 Å². The molecule has 0 unspecified atom stereocenters. The molecule has 186 valence electrons. The number of nitrogens with zero attached hydrogens (tertiary/aromatic N) is 1. The number of aryl methyl sites for hydroxylation is 1. The van der Waals surface area contributed by atoms with Gasteiger partial charge in [0.25, 0.3) is 0 Å². The number of carbonyl (C=O) groups is 2. The van der Waals surface area contributed by atoms with Crippen LogP contribution in [0.5, 0.6) is 5.75 Å². The monoisotopic (exact) mass is 517 g/mol. The third-order valence-electron chi connectivity index (χ3n) is 7.30. The van der Waals surface area contributed by atoms with E-state index in [1.807, 2.05) is 31.2 Å². The summed E-state index contributed by atoms with van der Waals surface area (Å²) in [5, 5.41) is 6.58. The minimum Gasteiger partial charge on any atom is -0.490 e. The lowest BCUT2D eigenvalue weighted by Gasteiger charge is -2.41. The molecular weight excluding hydrogens is 490 g/mol. The van der Waals surface area contributed by atoms with Gasteiger partial charge in [-0.15, -0.1) is 0 Å². The van der Waals surface area contributed by atoms with Crippen molar-refractivity contribution >= 4 is 39.1 Å². The maximum atomic E-state index is 13.5. The van der Waals surface area contributed by atoms with Crippen molar-refractivity contribution in [3.05, 3.63) is 58.1 Å². The largest absolute Gasteiger partial charge is 0.490 e. The standard InChI is InChI=1S/C25H28ClN3O5S/c1-15-3-6-21(34-17-8-11-29(12-9-17)35(2,32)33)18(13-15)23-25(10-7-22(30)28-23)19-5-4-16(26)14-20(19)27-24(25)31/h3-6,13-14,17,23H,7-12H2,1-2H3,(H,27,31)(H,28,30)/t23-,25-/m1/s1. The molecule has 3 heterocycles. The predicted molar refractivity (Wildman–Crippen MR) is 133 cm³/mol. The minimum atomic E-state index is -3.24. The van der Waals surface area contributed by atoms with Crippen molar-refractivity contribution in [2.24, 2.45) is 0 Å². The molecule has 35 heavy (non-hydrogen) atoms. The van der Waals surface area contributed by atoms with Gasteiger partial charge in [-0.1, -0.05) is 35.4 Å². The molecule has 3 aliphatic heterocycles. The van der Waals surface area contributed by atoms with Gasteiger partial charge in [0.1, 0.15) is 17.3 Å². The van der Waals surface area contributed by atoms with Gasteiger partial charge in [-0.2, -0.15) is 0 Å². The highest BCUT2D eigenvalue weighted by molar-refractivity contribution is 7.88. The quantitative estimate of drug-likeness (QED) is 0.647. The molecule has 3 aliphatic rings. The topological polar surface area (TPSA) is 105 Å². The molecule has 5 rings (SSSR count). The van der Waals surface area contributed by atoms with Gasteiger partial charge in [0.05, 0.1) is 12.3 Å². The van der Waals surface area contributed by atoms with Crippen molar-refractivity contribution in [1.29, 1.82) is 0 Å². The van der Waals surface area contributed by atoms with Crippen molar-refractivity contribution in [3.8, 4) is 5.75 Å². The second kappa shape index (κ2) is 8.80. The van der Waals surface area contributed by atoms with Gasteiger partial charge < -0.3 is 15.4 Å². The Morgan fingerprint density at radius 2 is 1.86 bits per heavy atom. The van der Waals surface area contributed by atoms with E-state index in [1.165, 1.54) is 10.6 Å². The highest BCUT2D eigenvalue weighted by Gasteiger charge is 2.56. The van der Waals surface area contributed by atoms with Gasteiger partial charge >= 0.3 is 0 Å². The van der Waals surface area contributed by atoms with Crippen LogP contribution < -0.4 is 15.4 Å². The normalized spacial score (nSPS) is 25.3. The van der Waals surface area contributed by atoms with Crippen molar-refractivity contribution in [2.45, 2.75) is 50.2 Å². The van der Waals surface area contributed by atoms with E-state index in [0.717, 1.165) is 16.7 Å². The maximum Gasteiger partial charge on any atom is 0.237 e. The summed E-state index contributed by atoms with van der Waals surface area (Å²) in [5.41, 5.74) is 2.20. The predicted octanol–water partition coefficient (Wildman–Crippen LogP) is 3.29. The molecule has 0 saturated carbocycles. The summed E-state index contributed by atoms with van der Waals surface area (Å²) in [5.74, 6) is 0.300. The highest BCUT2D eigenvalue weighted by Crippen LogP contribution is 2.52. The van der Waals surface area contributed by atoms with Crippen molar-refractivity contribution < 1.29 is 22.7 Å². The van der Waals surface area contributed by atoms with Crippen LogP contribution in [-0.4, -0.2) is 50.0 Å². The lowest BCUT2D eigenvalue weighted by Crippen LogP contribution is -2.52. The highest BCUT2D eigenvalue weighted by atomic mass is 35.5. The molecule has 0 bridgehead atoms. The molecule has 2 aromatic rings. The van der Waals surface area contributed by atoms with E-state index in [1.54, 1.807) is 12.1 Å². The number of halogens is 1. The number of piperidine rings is 2. The van der Waals surface area contributed by atoms with Gasteiger partial charge in [0.15, 0.2) is 0 Å². The van der Waals surface area contributed by atoms with Crippen LogP contribution in [0.3, 0.4) is 0 Å². The Morgan fingerprint density at radius 1 is 1.11 bits per heavy atom. The Kier molecular flexibility index (Phi) is 6.05. The Hall–Kier alpha value is -2.62. The van der Waals surface area contributed by atoms with Crippen LogP contribution in [0.25, 0.3) is 0 Å². The number of benzene rings is 2. The lowest BCUT2D eigenvalue weighted by molar-refractivity contribution is -0.130. The van der Waals surface area contributed by atoms with Crippen LogP contribution in [0.2, 0.25) is 5.02 Å². The molecule has 1 spiro atoms. The summed E-state index contributed by atoms with van der Waals surface area (Å²) in [6, 6.07) is 10.5. The first-order valence-electron chi connectivity index (χ1n) is 11.7. The van der Waals surface area contributed by atoms with Crippen LogP contribution in [0, 0.1) is 6.92 Å². The first-order chi connectivity index (χ1) is 16.6. The smallest absolute Gasteiger partial charge is 0.237 e. The summed E-state index contributed by atoms with van der Waals surface area (Å²) >= 11 is 6.19. The molecule has 0 aromatic heterocycles. The average molecular weight is 518 g/mol. The third kappa shape index (κ3) is 4.30. The molecule has 10 heteroatoms. The Balaban J connectivity index is 1.52. The van der Waals surface area contributed by atoms with Crippen molar-refractivity contribution in [2.75, 3.05) is 24.7 Å². The number of rotatable bonds is 4. The van der Waals surface area contributed by atoms with Gasteiger partial charge in [-0.05, 0) is 49.9 Å². The minimum absolute atomic E-state index is 0.121. The van der Waals surface area contributed by atoms with Crippen LogP contribution in [0.4, 0.5) is 5.69 Å². The number of amides is 2. The molecule has 0 aliphatic carbocycles. The number of fused-ring (bicyclic) bond motifs is 2. The number of hydrogen-bond acceptors (Lipinski definition) is 5. The fourth-order valence-electron chi connectivity index (χ4n) is 5.52. The molecule has 2 N–H and O–H groups in total. The van der Waals surface area contributed by atoms with E-state index in [4.69, 9.17) is 16.3 Å². The van der Waals surface area contributed by atoms with Gasteiger partial charge in [0, 0.05) is 35.8 Å². The van der Waals surface area contributed by atoms with E-state index in [0.29, 0.717) is 48.8 Å². The van der Waals surface area contributed by atoms with Crippen molar-refractivity contribution in [3.63, 3.8) is 0 Å². The van der Waals surface area contributed by atoms with E-state index in [-0.39, 0.29) is 24.3 Å². The number of sulfonamides is 1. The molecular formula is C25H28ClN3O5S. The molecule has 2 saturated heterocycles. The Bertz CT molecular complexity index is 1310. The zero-order valence-electron chi connectivity index (χ0n) is 19.6. The fraction of sp³-hybridized carbons (Fsp3) is 0.440. The summed E-state index contributed by atoms with van der Waals surface area (Å²) in [6.07, 6.45) is 2.76. The SMILES string of the molecule is Cc1ccc(OC2CCN(S(C)(=O)=O)CC2)c([C@H]2NC(=O)CC[C@]23C(=O)Nc2cc(Cl)ccc23)c1. The van der Waals surface area contributed by atoms with Gasteiger partial charge in [-0.25, -0.2) is 12.7 Å². The summed E-state index contributed by atoms with van der Waals surface area (Å²) in [6.45, 7) is 2.74. The first-order valence-corrected chi connectivity index (χ1v) is 13.9. The Labute approximate surface area is 210 Å². The lowest BCUT2D eigenvalue weighted by atomic mass is 9.67. The van der Waals surface area contributed by atoms with Crippen LogP contribution >= 0.6 is 11.6 Å². The second-order valence-corrected chi connectivity index (χ2v) is 12.1. The number of ether oxygens (including phenoxy) is 1. The average Bonchev–Trinajstić information content (AvgIpc) is 3.07. The van der Waals surface area contributed by atoms with Crippen LogP contribution in [-0.2, 0) is 25.0 Å². The zero-order valence-corrected chi connectivity index (χ0v) is 21.2. The van der Waals surface area contributed by atoms with Gasteiger partial charge in [0.2, 0.25) is 21.8 Å². The third-order valence-corrected chi connectivity index (χ3v) is 8.84. The van der Waals surface area contributed by atoms with Crippen LogP contribution in [0.1, 0.15) is 48.4 Å². The fourth-order valence-corrected chi connectivity index (χ4v) is 6.56. The summed E-state index contributed by atoms with van der Waals surface area (Å²) < 4.78 is 31.6. The number of carbonyl (C=O) groups excluding carboxylic acids is 2. The van der Waals surface area contributed by atoms with Crippen LogP contribution in [0.15, 0.2) is 36.4 Å². The van der Waals surface area contributed by atoms with Gasteiger partial charge in [-0.3, -0.25) is 9.59 Å². The van der Waals surface area contributed by atoms with E-state index in [9.17, 15) is 18.0 Å². The number of hydrogen-bond donors (Lipinski definition) is 2. The molecule has 2 aromatic carbocycles. The summed E-state index contributed by atoms with van der Waals surface area (Å²) in [7, 11) is -3.24. The molecule has 2 atom stereocenters. The Morgan fingerprint density at radius 3 is 2.57 bits per heavy atom.